The molecule has 0 saturated heterocycles. The van der Waals surface area contributed by atoms with Crippen molar-refractivity contribution in [1.29, 1.82) is 0 Å². The fraction of sp³-hybridized carbons (Fsp3) is 0.368. The first-order valence-electron chi connectivity index (χ1n) is 7.84. The molecule has 1 saturated carbocycles. The quantitative estimate of drug-likeness (QED) is 0.787. The van der Waals surface area contributed by atoms with Crippen molar-refractivity contribution in [2.45, 2.75) is 36.9 Å². The standard InChI is InChI=1S/C19H18O2/c20-18-17(19(18)21)14-9-7-12-5-4-10-2-1-3-11-6-8-13(14)16(12)15(10)11/h1-3,6-9,12,14,17-21H,4-5H2. The first kappa shape index (κ1) is 12.0. The maximum absolute atomic E-state index is 9.84. The summed E-state index contributed by atoms with van der Waals surface area (Å²) in [5.74, 6) is 0.643. The third-order valence-electron chi connectivity index (χ3n) is 5.62. The van der Waals surface area contributed by atoms with Crippen LogP contribution in [0.1, 0.15) is 34.9 Å². The van der Waals surface area contributed by atoms with E-state index in [0.717, 1.165) is 6.42 Å². The van der Waals surface area contributed by atoms with Gasteiger partial charge in [0, 0.05) is 17.8 Å². The van der Waals surface area contributed by atoms with Crippen molar-refractivity contribution in [1.82, 2.24) is 0 Å². The Bertz CT molecular complexity index is 768. The summed E-state index contributed by atoms with van der Waals surface area (Å²) in [6.07, 6.45) is 5.72. The molecule has 4 atom stereocenters. The molecule has 0 bridgehead atoms. The molecule has 2 nitrogen and oxygen atoms in total. The van der Waals surface area contributed by atoms with Gasteiger partial charge in [-0.15, -0.1) is 0 Å². The highest BCUT2D eigenvalue weighted by Crippen LogP contribution is 2.51. The van der Waals surface area contributed by atoms with Gasteiger partial charge in [0.15, 0.2) is 0 Å². The number of benzene rings is 2. The monoisotopic (exact) mass is 278 g/mol. The molecule has 3 aliphatic rings. The van der Waals surface area contributed by atoms with Crippen LogP contribution in [0.2, 0.25) is 0 Å². The normalized spacial score (nSPS) is 36.0. The molecular weight excluding hydrogens is 260 g/mol. The molecule has 2 aromatic rings. The average molecular weight is 278 g/mol. The van der Waals surface area contributed by atoms with Crippen LogP contribution >= 0.6 is 0 Å². The van der Waals surface area contributed by atoms with Gasteiger partial charge in [-0.1, -0.05) is 42.5 Å². The first-order valence-corrected chi connectivity index (χ1v) is 7.84. The lowest BCUT2D eigenvalue weighted by atomic mass is 9.72. The van der Waals surface area contributed by atoms with Crippen LogP contribution in [-0.2, 0) is 6.42 Å². The maximum Gasteiger partial charge on any atom is 0.0865 e. The predicted molar refractivity (Wildman–Crippen MR) is 82.4 cm³/mol. The second-order valence-corrected chi connectivity index (χ2v) is 6.70. The minimum Gasteiger partial charge on any atom is -0.390 e. The number of hydrogen-bond donors (Lipinski definition) is 2. The second kappa shape index (κ2) is 3.96. The van der Waals surface area contributed by atoms with Crippen molar-refractivity contribution in [3.8, 4) is 0 Å². The molecule has 0 amide bonds. The summed E-state index contributed by atoms with van der Waals surface area (Å²) < 4.78 is 0. The molecular formula is C19H18O2. The predicted octanol–water partition coefficient (Wildman–Crippen LogP) is 2.87. The average Bonchev–Trinajstić information content (AvgIpc) is 3.11. The van der Waals surface area contributed by atoms with Gasteiger partial charge >= 0.3 is 0 Å². The van der Waals surface area contributed by atoms with Crippen molar-refractivity contribution in [2.24, 2.45) is 5.92 Å². The van der Waals surface area contributed by atoms with Crippen LogP contribution in [-0.4, -0.2) is 22.4 Å². The Morgan fingerprint density at radius 2 is 1.81 bits per heavy atom. The molecule has 0 radical (unpaired) electrons. The van der Waals surface area contributed by atoms with Crippen molar-refractivity contribution in [2.75, 3.05) is 0 Å². The van der Waals surface area contributed by atoms with E-state index < -0.39 is 12.2 Å². The SMILES string of the molecule is OC1C(O)C1C1C=CC2CCc3cccc4ccc1c2c34. The number of aryl methyl sites for hydroxylation is 1. The highest BCUT2D eigenvalue weighted by atomic mass is 16.4. The number of rotatable bonds is 1. The van der Waals surface area contributed by atoms with E-state index in [-0.39, 0.29) is 11.8 Å². The molecule has 5 rings (SSSR count). The summed E-state index contributed by atoms with van der Waals surface area (Å²) in [5.41, 5.74) is 4.22. The van der Waals surface area contributed by atoms with Crippen LogP contribution in [0.15, 0.2) is 42.5 Å². The van der Waals surface area contributed by atoms with E-state index in [9.17, 15) is 10.2 Å². The molecule has 4 unspecified atom stereocenters. The van der Waals surface area contributed by atoms with E-state index in [2.05, 4.69) is 42.5 Å². The molecule has 106 valence electrons. The molecule has 1 fully saturated rings. The zero-order valence-electron chi connectivity index (χ0n) is 11.7. The van der Waals surface area contributed by atoms with E-state index >= 15 is 0 Å². The second-order valence-electron chi connectivity index (χ2n) is 6.70. The summed E-state index contributed by atoms with van der Waals surface area (Å²) in [7, 11) is 0. The van der Waals surface area contributed by atoms with Crippen LogP contribution in [0.5, 0.6) is 0 Å². The summed E-state index contributed by atoms with van der Waals surface area (Å²) >= 11 is 0. The minimum absolute atomic E-state index is 0.0232. The van der Waals surface area contributed by atoms with Crippen molar-refractivity contribution in [3.63, 3.8) is 0 Å². The van der Waals surface area contributed by atoms with Crippen molar-refractivity contribution < 1.29 is 10.2 Å². The van der Waals surface area contributed by atoms with Gasteiger partial charge in [-0.05, 0) is 40.3 Å². The molecule has 3 aliphatic carbocycles. The summed E-state index contributed by atoms with van der Waals surface area (Å²) in [6, 6.07) is 11.0. The summed E-state index contributed by atoms with van der Waals surface area (Å²) in [4.78, 5) is 0. The van der Waals surface area contributed by atoms with Gasteiger partial charge in [-0.2, -0.15) is 0 Å². The van der Waals surface area contributed by atoms with Gasteiger partial charge in [0.05, 0.1) is 12.2 Å². The van der Waals surface area contributed by atoms with Crippen LogP contribution in [0.25, 0.3) is 10.8 Å². The van der Waals surface area contributed by atoms with Gasteiger partial charge in [-0.25, -0.2) is 0 Å². The van der Waals surface area contributed by atoms with Gasteiger partial charge in [0.2, 0.25) is 0 Å². The zero-order valence-corrected chi connectivity index (χ0v) is 11.7. The Hall–Kier alpha value is -1.64. The highest BCUT2D eigenvalue weighted by Gasteiger charge is 2.53. The van der Waals surface area contributed by atoms with E-state index in [1.165, 1.54) is 33.9 Å². The third kappa shape index (κ3) is 1.49. The third-order valence-corrected chi connectivity index (χ3v) is 5.62. The van der Waals surface area contributed by atoms with Crippen LogP contribution < -0.4 is 0 Å². The Morgan fingerprint density at radius 3 is 2.62 bits per heavy atom. The summed E-state index contributed by atoms with van der Waals surface area (Å²) in [5, 5.41) is 22.4. The van der Waals surface area contributed by atoms with Gasteiger partial charge in [0.25, 0.3) is 0 Å². The molecule has 0 aliphatic heterocycles. The zero-order chi connectivity index (χ0) is 14.1. The topological polar surface area (TPSA) is 40.5 Å². The minimum atomic E-state index is -0.557. The highest BCUT2D eigenvalue weighted by molar-refractivity contribution is 5.92. The van der Waals surface area contributed by atoms with Crippen LogP contribution in [0.3, 0.4) is 0 Å². The van der Waals surface area contributed by atoms with Crippen LogP contribution in [0.4, 0.5) is 0 Å². The van der Waals surface area contributed by atoms with Gasteiger partial charge in [0.1, 0.15) is 0 Å². The molecule has 2 N–H and O–H groups in total. The Labute approximate surface area is 123 Å². The maximum atomic E-state index is 9.84. The smallest absolute Gasteiger partial charge is 0.0865 e. The molecule has 2 heteroatoms. The lowest BCUT2D eigenvalue weighted by Gasteiger charge is -2.32. The van der Waals surface area contributed by atoms with E-state index in [1.807, 2.05) is 0 Å². The molecule has 21 heavy (non-hydrogen) atoms. The fourth-order valence-corrected chi connectivity index (χ4v) is 4.47. The number of aliphatic hydroxyl groups excluding tert-OH is 2. The van der Waals surface area contributed by atoms with Crippen molar-refractivity contribution in [3.05, 3.63) is 59.2 Å². The first-order chi connectivity index (χ1) is 10.3. The number of allylic oxidation sites excluding steroid dienone is 2. The van der Waals surface area contributed by atoms with E-state index in [4.69, 9.17) is 0 Å². The Morgan fingerprint density at radius 1 is 0.952 bits per heavy atom. The van der Waals surface area contributed by atoms with Crippen LogP contribution in [0, 0.1) is 5.92 Å². The van der Waals surface area contributed by atoms with Crippen molar-refractivity contribution >= 4 is 10.8 Å². The van der Waals surface area contributed by atoms with E-state index in [1.54, 1.807) is 0 Å². The lowest BCUT2D eigenvalue weighted by Crippen LogP contribution is -2.17. The Kier molecular flexibility index (Phi) is 2.26. The van der Waals surface area contributed by atoms with Gasteiger partial charge < -0.3 is 10.2 Å². The largest absolute Gasteiger partial charge is 0.390 e. The molecule has 0 aromatic heterocycles. The van der Waals surface area contributed by atoms with E-state index in [0.29, 0.717) is 5.92 Å². The number of aliphatic hydroxyl groups is 2. The lowest BCUT2D eigenvalue weighted by molar-refractivity contribution is 0.180. The fourth-order valence-electron chi connectivity index (χ4n) is 4.47. The number of hydrogen-bond acceptors (Lipinski definition) is 2. The molecule has 0 spiro atoms. The van der Waals surface area contributed by atoms with Gasteiger partial charge in [-0.3, -0.25) is 0 Å². The molecule has 0 heterocycles. The Balaban J connectivity index is 1.77. The molecule has 2 aromatic carbocycles. The summed E-state index contributed by atoms with van der Waals surface area (Å²) in [6.45, 7) is 0.